The third kappa shape index (κ3) is 3.04. The van der Waals surface area contributed by atoms with Crippen molar-refractivity contribution in [2.24, 2.45) is 5.73 Å². The summed E-state index contributed by atoms with van der Waals surface area (Å²) in [4.78, 5) is 4.02. The van der Waals surface area contributed by atoms with Crippen LogP contribution in [0.2, 0.25) is 0 Å². The van der Waals surface area contributed by atoms with Crippen LogP contribution in [0.25, 0.3) is 0 Å². The highest BCUT2D eigenvalue weighted by Gasteiger charge is 2.03. The van der Waals surface area contributed by atoms with Crippen molar-refractivity contribution in [1.29, 1.82) is 0 Å². The maximum absolute atomic E-state index is 5.79. The van der Waals surface area contributed by atoms with Crippen LogP contribution in [0, 0.1) is 6.92 Å². The maximum Gasteiger partial charge on any atom is 0.145 e. The van der Waals surface area contributed by atoms with Crippen LogP contribution in [0.5, 0.6) is 11.5 Å². The molecule has 3 nitrogen and oxygen atoms in total. The predicted molar refractivity (Wildman–Crippen MR) is 68.2 cm³/mol. The summed E-state index contributed by atoms with van der Waals surface area (Å²) in [6, 6.07) is 9.92. The zero-order valence-electron chi connectivity index (χ0n) is 9.89. The first-order valence-electron chi connectivity index (χ1n) is 5.67. The van der Waals surface area contributed by atoms with Crippen LogP contribution in [-0.2, 0) is 6.42 Å². The number of nitrogens with zero attached hydrogens (tertiary/aromatic N) is 1. The smallest absolute Gasteiger partial charge is 0.145 e. The lowest BCUT2D eigenvalue weighted by Gasteiger charge is -2.10. The fourth-order valence-electron chi connectivity index (χ4n) is 1.61. The molecule has 1 aromatic heterocycles. The molecule has 17 heavy (non-hydrogen) atoms. The van der Waals surface area contributed by atoms with Crippen LogP contribution in [-0.4, -0.2) is 11.5 Å². The number of pyridine rings is 1. The van der Waals surface area contributed by atoms with Crippen molar-refractivity contribution >= 4 is 0 Å². The van der Waals surface area contributed by atoms with Gasteiger partial charge in [-0.1, -0.05) is 12.1 Å². The van der Waals surface area contributed by atoms with Gasteiger partial charge in [0, 0.05) is 6.20 Å². The summed E-state index contributed by atoms with van der Waals surface area (Å²) >= 11 is 0. The van der Waals surface area contributed by atoms with E-state index in [9.17, 15) is 0 Å². The van der Waals surface area contributed by atoms with E-state index in [0.717, 1.165) is 23.5 Å². The molecule has 88 valence electrons. The monoisotopic (exact) mass is 228 g/mol. The lowest BCUT2D eigenvalue weighted by molar-refractivity contribution is 0.476. The van der Waals surface area contributed by atoms with Crippen LogP contribution in [0.1, 0.15) is 11.1 Å². The second kappa shape index (κ2) is 5.46. The van der Waals surface area contributed by atoms with Gasteiger partial charge in [0.05, 0.1) is 6.20 Å². The first-order chi connectivity index (χ1) is 8.29. The fraction of sp³-hybridized carbons (Fsp3) is 0.214. The number of hydrogen-bond donors (Lipinski definition) is 1. The highest BCUT2D eigenvalue weighted by molar-refractivity contribution is 5.39. The summed E-state index contributed by atoms with van der Waals surface area (Å²) in [5.41, 5.74) is 7.85. The molecular formula is C14H16N2O. The molecule has 2 rings (SSSR count). The van der Waals surface area contributed by atoms with Crippen LogP contribution in [0.15, 0.2) is 42.7 Å². The Balaban J connectivity index is 2.22. The van der Waals surface area contributed by atoms with Crippen molar-refractivity contribution in [2.45, 2.75) is 13.3 Å². The molecule has 0 aliphatic carbocycles. The zero-order chi connectivity index (χ0) is 12.1. The van der Waals surface area contributed by atoms with E-state index >= 15 is 0 Å². The summed E-state index contributed by atoms with van der Waals surface area (Å²) in [6.07, 6.45) is 4.29. The van der Waals surface area contributed by atoms with Gasteiger partial charge in [0.25, 0.3) is 0 Å². The first kappa shape index (κ1) is 11.6. The first-order valence-corrected chi connectivity index (χ1v) is 5.67. The minimum absolute atomic E-state index is 0.648. The molecule has 0 spiro atoms. The molecule has 2 N–H and O–H groups in total. The minimum atomic E-state index is 0.648. The molecule has 0 radical (unpaired) electrons. The summed E-state index contributed by atoms with van der Waals surface area (Å²) < 4.78 is 5.79. The lowest BCUT2D eigenvalue weighted by Crippen LogP contribution is -2.02. The van der Waals surface area contributed by atoms with Gasteiger partial charge in [-0.3, -0.25) is 4.98 Å². The van der Waals surface area contributed by atoms with Crippen LogP contribution in [0.3, 0.4) is 0 Å². The Morgan fingerprint density at radius 2 is 2.18 bits per heavy atom. The van der Waals surface area contributed by atoms with Gasteiger partial charge in [-0.05, 0) is 49.2 Å². The molecule has 1 heterocycles. The number of rotatable bonds is 4. The topological polar surface area (TPSA) is 48.1 Å². The molecular weight excluding hydrogens is 212 g/mol. The van der Waals surface area contributed by atoms with Gasteiger partial charge in [0.2, 0.25) is 0 Å². The highest BCUT2D eigenvalue weighted by atomic mass is 16.5. The van der Waals surface area contributed by atoms with Gasteiger partial charge in [-0.2, -0.15) is 0 Å². The molecule has 0 saturated carbocycles. The standard InChI is InChI=1S/C14H16N2O/c1-11-4-5-12(6-7-15)9-14(11)17-13-3-2-8-16-10-13/h2-5,8-10H,6-7,15H2,1H3. The van der Waals surface area contributed by atoms with Gasteiger partial charge in [0.1, 0.15) is 11.5 Å². The van der Waals surface area contributed by atoms with Crippen molar-refractivity contribution in [3.05, 3.63) is 53.9 Å². The lowest BCUT2D eigenvalue weighted by atomic mass is 10.1. The van der Waals surface area contributed by atoms with E-state index in [1.54, 1.807) is 12.4 Å². The van der Waals surface area contributed by atoms with E-state index in [0.29, 0.717) is 6.54 Å². The number of hydrogen-bond acceptors (Lipinski definition) is 3. The van der Waals surface area contributed by atoms with Crippen molar-refractivity contribution in [2.75, 3.05) is 6.54 Å². The van der Waals surface area contributed by atoms with E-state index in [-0.39, 0.29) is 0 Å². The highest BCUT2D eigenvalue weighted by Crippen LogP contribution is 2.25. The fourth-order valence-corrected chi connectivity index (χ4v) is 1.61. The minimum Gasteiger partial charge on any atom is -0.455 e. The van der Waals surface area contributed by atoms with Crippen molar-refractivity contribution < 1.29 is 4.74 Å². The van der Waals surface area contributed by atoms with E-state index in [1.165, 1.54) is 5.56 Å². The molecule has 0 atom stereocenters. The largest absolute Gasteiger partial charge is 0.455 e. The molecule has 0 aliphatic heterocycles. The maximum atomic E-state index is 5.79. The Bertz CT molecular complexity index is 483. The molecule has 0 unspecified atom stereocenters. The van der Waals surface area contributed by atoms with E-state index < -0.39 is 0 Å². The van der Waals surface area contributed by atoms with E-state index in [1.807, 2.05) is 25.1 Å². The normalized spacial score (nSPS) is 10.2. The number of benzene rings is 1. The van der Waals surface area contributed by atoms with E-state index in [4.69, 9.17) is 10.5 Å². The summed E-state index contributed by atoms with van der Waals surface area (Å²) in [7, 11) is 0. The molecule has 0 bridgehead atoms. The average molecular weight is 228 g/mol. The third-order valence-corrected chi connectivity index (χ3v) is 2.55. The average Bonchev–Trinajstić information content (AvgIpc) is 2.35. The van der Waals surface area contributed by atoms with Crippen LogP contribution < -0.4 is 10.5 Å². The molecule has 2 aromatic rings. The third-order valence-electron chi connectivity index (χ3n) is 2.55. The Morgan fingerprint density at radius 3 is 2.88 bits per heavy atom. The zero-order valence-corrected chi connectivity index (χ0v) is 9.89. The van der Waals surface area contributed by atoms with Gasteiger partial charge < -0.3 is 10.5 Å². The van der Waals surface area contributed by atoms with Crippen molar-refractivity contribution in [3.63, 3.8) is 0 Å². The van der Waals surface area contributed by atoms with Crippen molar-refractivity contribution in [1.82, 2.24) is 4.98 Å². The second-order valence-corrected chi connectivity index (χ2v) is 3.93. The molecule has 0 saturated heterocycles. The quantitative estimate of drug-likeness (QED) is 0.875. The number of ether oxygens (including phenoxy) is 1. The molecule has 1 aromatic carbocycles. The van der Waals surface area contributed by atoms with Crippen LogP contribution in [0.4, 0.5) is 0 Å². The second-order valence-electron chi connectivity index (χ2n) is 3.93. The Kier molecular flexibility index (Phi) is 3.73. The van der Waals surface area contributed by atoms with Crippen molar-refractivity contribution in [3.8, 4) is 11.5 Å². The van der Waals surface area contributed by atoms with E-state index in [2.05, 4.69) is 17.1 Å². The molecule has 3 heteroatoms. The van der Waals surface area contributed by atoms with Gasteiger partial charge in [-0.25, -0.2) is 0 Å². The van der Waals surface area contributed by atoms with Gasteiger partial charge in [0.15, 0.2) is 0 Å². The summed E-state index contributed by atoms with van der Waals surface area (Å²) in [6.45, 7) is 2.67. The Hall–Kier alpha value is -1.87. The summed E-state index contributed by atoms with van der Waals surface area (Å²) in [5.74, 6) is 1.62. The number of aromatic nitrogens is 1. The predicted octanol–water partition coefficient (Wildman–Crippen LogP) is 2.68. The number of nitrogens with two attached hydrogens (primary N) is 1. The molecule has 0 amide bonds. The number of aryl methyl sites for hydroxylation is 1. The van der Waals surface area contributed by atoms with Crippen LogP contribution >= 0.6 is 0 Å². The van der Waals surface area contributed by atoms with Gasteiger partial charge in [-0.15, -0.1) is 0 Å². The van der Waals surface area contributed by atoms with Gasteiger partial charge >= 0.3 is 0 Å². The Labute approximate surface area is 101 Å². The summed E-state index contributed by atoms with van der Waals surface area (Å²) in [5, 5.41) is 0. The Morgan fingerprint density at radius 1 is 1.29 bits per heavy atom. The SMILES string of the molecule is Cc1ccc(CCN)cc1Oc1cccnc1. The molecule has 0 aliphatic rings. The molecule has 0 fully saturated rings.